The van der Waals surface area contributed by atoms with E-state index in [2.05, 4.69) is 60.7 Å². The molecule has 0 bridgehead atoms. The van der Waals surface area contributed by atoms with E-state index in [1.54, 1.807) is 6.92 Å². The molecule has 0 unspecified atom stereocenters. The molecule has 3 aromatic rings. The van der Waals surface area contributed by atoms with Crippen LogP contribution in [0.3, 0.4) is 0 Å². The van der Waals surface area contributed by atoms with Crippen molar-refractivity contribution in [1.82, 2.24) is 4.57 Å². The van der Waals surface area contributed by atoms with Crippen molar-refractivity contribution >= 4 is 34.5 Å². The Morgan fingerprint density at radius 1 is 1.06 bits per heavy atom. The Morgan fingerprint density at radius 3 is 2.37 bits per heavy atom. The van der Waals surface area contributed by atoms with Gasteiger partial charge in [0.15, 0.2) is 0 Å². The van der Waals surface area contributed by atoms with E-state index in [4.69, 9.17) is 4.74 Å². The number of aliphatic hydroxyl groups is 1. The molecule has 0 saturated heterocycles. The van der Waals surface area contributed by atoms with Gasteiger partial charge in [-0.25, -0.2) is 9.79 Å². The first-order valence-corrected chi connectivity index (χ1v) is 12.6. The number of hydrogen-bond donors (Lipinski definition) is 1. The number of aromatic nitrogens is 1. The third-order valence-electron chi connectivity index (χ3n) is 5.99. The first kappa shape index (κ1) is 24.6. The highest BCUT2D eigenvalue weighted by Gasteiger charge is 2.33. The highest BCUT2D eigenvalue weighted by atomic mass is 32.2. The molecule has 35 heavy (non-hydrogen) atoms. The summed E-state index contributed by atoms with van der Waals surface area (Å²) in [6.45, 7) is 10.2. The summed E-state index contributed by atoms with van der Waals surface area (Å²) in [6, 6.07) is 18.3. The van der Waals surface area contributed by atoms with Gasteiger partial charge in [-0.05, 0) is 81.7 Å². The Hall–Kier alpha value is -3.51. The van der Waals surface area contributed by atoms with Crippen molar-refractivity contribution in [3.05, 3.63) is 98.9 Å². The van der Waals surface area contributed by atoms with Crippen LogP contribution in [0.25, 0.3) is 11.8 Å². The van der Waals surface area contributed by atoms with Crippen LogP contribution in [-0.4, -0.2) is 27.3 Å². The summed E-state index contributed by atoms with van der Waals surface area (Å²) in [5.74, 6) is -0.676. The van der Waals surface area contributed by atoms with Crippen LogP contribution in [0, 0.1) is 20.8 Å². The van der Waals surface area contributed by atoms with Gasteiger partial charge in [0.25, 0.3) is 0 Å². The van der Waals surface area contributed by atoms with Gasteiger partial charge in [-0.3, -0.25) is 0 Å². The predicted octanol–water partition coefficient (Wildman–Crippen LogP) is 7.16. The minimum Gasteiger partial charge on any atom is -0.506 e. The van der Waals surface area contributed by atoms with Crippen LogP contribution in [0.4, 0.5) is 5.69 Å². The predicted molar refractivity (Wildman–Crippen MR) is 145 cm³/mol. The summed E-state index contributed by atoms with van der Waals surface area (Å²) in [5.41, 5.74) is 7.43. The molecule has 1 aromatic heterocycles. The largest absolute Gasteiger partial charge is 0.506 e. The van der Waals surface area contributed by atoms with Gasteiger partial charge in [0, 0.05) is 17.1 Å². The van der Waals surface area contributed by atoms with Crippen molar-refractivity contribution in [2.75, 3.05) is 6.61 Å². The monoisotopic (exact) mass is 486 g/mol. The van der Waals surface area contributed by atoms with Gasteiger partial charge in [0.2, 0.25) is 0 Å². The van der Waals surface area contributed by atoms with E-state index in [1.807, 2.05) is 37.3 Å². The molecule has 1 aliphatic heterocycles. The lowest BCUT2D eigenvalue weighted by molar-refractivity contribution is -0.138. The maximum absolute atomic E-state index is 12.7. The van der Waals surface area contributed by atoms with Crippen LogP contribution in [0.2, 0.25) is 0 Å². The van der Waals surface area contributed by atoms with Gasteiger partial charge in [0.05, 0.1) is 17.2 Å². The number of aryl methyl sites for hydroxylation is 3. The number of aliphatic imine (C=N–C) groups is 1. The average Bonchev–Trinajstić information content (AvgIpc) is 3.30. The number of rotatable bonds is 6. The number of benzene rings is 2. The Bertz CT molecular complexity index is 1340. The standard InChI is InChI=1S/C29H30N2O3S/c1-6-21-10-14-24(15-11-21)31-19(4)16-22(20(31)5)17-25-27(32)26(29(33)34-7-2)28(35-25)30-23-12-8-18(3)9-13-23/h8-17,32H,6-7H2,1-5H3/b25-17+,30-28?. The molecule has 4 rings (SSSR count). The van der Waals surface area contributed by atoms with Crippen LogP contribution in [0.5, 0.6) is 0 Å². The second kappa shape index (κ2) is 10.4. The summed E-state index contributed by atoms with van der Waals surface area (Å²) in [6.07, 6.45) is 2.91. The van der Waals surface area contributed by atoms with Crippen LogP contribution in [-0.2, 0) is 16.0 Å². The van der Waals surface area contributed by atoms with E-state index in [0.29, 0.717) is 15.6 Å². The van der Waals surface area contributed by atoms with Crippen LogP contribution < -0.4 is 0 Å². The van der Waals surface area contributed by atoms with Crippen molar-refractivity contribution in [2.45, 2.75) is 41.0 Å². The normalized spacial score (nSPS) is 15.9. The van der Waals surface area contributed by atoms with E-state index >= 15 is 0 Å². The fourth-order valence-corrected chi connectivity index (χ4v) is 5.11. The topological polar surface area (TPSA) is 63.8 Å². The lowest BCUT2D eigenvalue weighted by atomic mass is 10.1. The summed E-state index contributed by atoms with van der Waals surface area (Å²) in [4.78, 5) is 17.9. The second-order valence-electron chi connectivity index (χ2n) is 8.49. The van der Waals surface area contributed by atoms with Crippen LogP contribution >= 0.6 is 11.8 Å². The third-order valence-corrected chi connectivity index (χ3v) is 7.01. The molecule has 1 N–H and O–H groups in total. The first-order valence-electron chi connectivity index (χ1n) is 11.8. The number of carbonyl (C=O) groups excluding carboxylic acids is 1. The highest BCUT2D eigenvalue weighted by Crippen LogP contribution is 2.41. The fraction of sp³-hybridized carbons (Fsp3) is 0.241. The van der Waals surface area contributed by atoms with Crippen molar-refractivity contribution in [3.8, 4) is 5.69 Å². The molecule has 2 aromatic carbocycles. The maximum Gasteiger partial charge on any atom is 0.344 e. The number of carbonyl (C=O) groups is 1. The molecule has 180 valence electrons. The Kier molecular flexibility index (Phi) is 7.31. The van der Waals surface area contributed by atoms with Gasteiger partial charge in [0.1, 0.15) is 16.4 Å². The average molecular weight is 487 g/mol. The van der Waals surface area contributed by atoms with Crippen LogP contribution in [0.1, 0.15) is 41.9 Å². The minimum absolute atomic E-state index is 0.101. The smallest absolute Gasteiger partial charge is 0.344 e. The minimum atomic E-state index is -0.576. The number of ether oxygens (including phenoxy) is 1. The quantitative estimate of drug-likeness (QED) is 0.376. The van der Waals surface area contributed by atoms with Gasteiger partial charge in [-0.2, -0.15) is 0 Å². The second-order valence-corrected chi connectivity index (χ2v) is 9.52. The van der Waals surface area contributed by atoms with Gasteiger partial charge < -0.3 is 14.4 Å². The molecule has 0 atom stereocenters. The molecule has 0 fully saturated rings. The molecule has 0 aliphatic carbocycles. The lowest BCUT2D eigenvalue weighted by Gasteiger charge is -2.10. The molecule has 0 radical (unpaired) electrons. The number of thioether (sulfide) groups is 1. The molecule has 6 heteroatoms. The zero-order valence-corrected chi connectivity index (χ0v) is 21.6. The van der Waals surface area contributed by atoms with Gasteiger partial charge in [-0.15, -0.1) is 0 Å². The van der Waals surface area contributed by atoms with Crippen molar-refractivity contribution in [1.29, 1.82) is 0 Å². The third kappa shape index (κ3) is 5.13. The first-order chi connectivity index (χ1) is 16.8. The SMILES string of the molecule is CCOC(=O)C1=C(O)/C(=C\c2cc(C)n(-c3ccc(CC)cc3)c2C)SC1=Nc1ccc(C)cc1. The Balaban J connectivity index is 1.75. The molecular weight excluding hydrogens is 456 g/mol. The van der Waals surface area contributed by atoms with Crippen molar-refractivity contribution in [3.63, 3.8) is 0 Å². The summed E-state index contributed by atoms with van der Waals surface area (Å²) in [5, 5.41) is 11.5. The maximum atomic E-state index is 12.7. The lowest BCUT2D eigenvalue weighted by Crippen LogP contribution is -2.12. The Morgan fingerprint density at radius 2 is 1.74 bits per heavy atom. The number of nitrogens with zero attached hydrogens (tertiary/aromatic N) is 2. The summed E-state index contributed by atoms with van der Waals surface area (Å²) in [7, 11) is 0. The van der Waals surface area contributed by atoms with E-state index in [0.717, 1.165) is 34.6 Å². The number of aliphatic hydroxyl groups excluding tert-OH is 1. The molecule has 0 amide bonds. The molecule has 5 nitrogen and oxygen atoms in total. The van der Waals surface area contributed by atoms with Gasteiger partial charge >= 0.3 is 5.97 Å². The highest BCUT2D eigenvalue weighted by molar-refractivity contribution is 8.18. The van der Waals surface area contributed by atoms with E-state index in [9.17, 15) is 9.90 Å². The molecule has 0 saturated carbocycles. The number of hydrogen-bond acceptors (Lipinski definition) is 5. The molecule has 1 aliphatic rings. The zero-order chi connectivity index (χ0) is 25.1. The summed E-state index contributed by atoms with van der Waals surface area (Å²) < 4.78 is 7.42. The van der Waals surface area contributed by atoms with Crippen molar-refractivity contribution < 1.29 is 14.6 Å². The van der Waals surface area contributed by atoms with E-state index in [-0.39, 0.29) is 17.9 Å². The van der Waals surface area contributed by atoms with Crippen molar-refractivity contribution in [2.24, 2.45) is 4.99 Å². The number of esters is 1. The zero-order valence-electron chi connectivity index (χ0n) is 20.8. The van der Waals surface area contributed by atoms with Crippen LogP contribution in [0.15, 0.2) is 75.8 Å². The van der Waals surface area contributed by atoms with E-state index in [1.165, 1.54) is 17.3 Å². The fourth-order valence-electron chi connectivity index (χ4n) is 4.08. The summed E-state index contributed by atoms with van der Waals surface area (Å²) >= 11 is 1.28. The van der Waals surface area contributed by atoms with E-state index < -0.39 is 5.97 Å². The molecular formula is C29H30N2O3S. The molecule has 0 spiro atoms. The van der Waals surface area contributed by atoms with Gasteiger partial charge in [-0.1, -0.05) is 48.5 Å². The molecule has 2 heterocycles. The Labute approximate surface area is 210 Å².